The van der Waals surface area contributed by atoms with Crippen LogP contribution in [-0.2, 0) is 0 Å². The molecule has 0 radical (unpaired) electrons. The van der Waals surface area contributed by atoms with Gasteiger partial charge in [-0.05, 0) is 48.2 Å². The zero-order valence-corrected chi connectivity index (χ0v) is 11.9. The molecule has 0 amide bonds. The number of rotatable bonds is 2. The maximum Gasteiger partial charge on any atom is 0.118 e. The Bertz CT molecular complexity index is 483. The third-order valence-corrected chi connectivity index (χ3v) is 3.01. The van der Waals surface area contributed by atoms with E-state index in [0.717, 1.165) is 5.75 Å². The highest BCUT2D eigenvalue weighted by molar-refractivity contribution is 5.68. The predicted octanol–water partition coefficient (Wildman–Crippen LogP) is 5.01. The zero-order chi connectivity index (χ0) is 13.5. The van der Waals surface area contributed by atoms with Gasteiger partial charge in [-0.2, -0.15) is 0 Å². The second-order valence-corrected chi connectivity index (χ2v) is 3.98. The van der Waals surface area contributed by atoms with Crippen molar-refractivity contribution in [2.75, 3.05) is 7.11 Å². The summed E-state index contributed by atoms with van der Waals surface area (Å²) in [5.41, 5.74) is 5.20. The first kappa shape index (κ1) is 14.3. The topological polar surface area (TPSA) is 9.23 Å². The summed E-state index contributed by atoms with van der Waals surface area (Å²) in [5.74, 6) is 0.897. The molecule has 0 aromatic heterocycles. The fourth-order valence-electron chi connectivity index (χ4n) is 1.83. The van der Waals surface area contributed by atoms with Gasteiger partial charge in [-0.3, -0.25) is 0 Å². The second-order valence-electron chi connectivity index (χ2n) is 3.98. The summed E-state index contributed by atoms with van der Waals surface area (Å²) < 4.78 is 5.16. The fraction of sp³-hybridized carbons (Fsp3) is 0.294. The van der Waals surface area contributed by atoms with Crippen molar-refractivity contribution in [2.24, 2.45) is 0 Å². The zero-order valence-electron chi connectivity index (χ0n) is 11.9. The number of benzene rings is 2. The quantitative estimate of drug-likeness (QED) is 0.719. The molecule has 0 fully saturated rings. The van der Waals surface area contributed by atoms with Crippen LogP contribution >= 0.6 is 0 Å². The van der Waals surface area contributed by atoms with E-state index in [-0.39, 0.29) is 0 Å². The van der Waals surface area contributed by atoms with E-state index in [0.29, 0.717) is 0 Å². The summed E-state index contributed by atoms with van der Waals surface area (Å²) in [5, 5.41) is 0. The maximum absolute atomic E-state index is 5.16. The monoisotopic (exact) mass is 242 g/mol. The second kappa shape index (κ2) is 6.85. The van der Waals surface area contributed by atoms with Crippen molar-refractivity contribution in [3.63, 3.8) is 0 Å². The number of hydrogen-bond acceptors (Lipinski definition) is 1. The molecule has 2 aromatic rings. The Morgan fingerprint density at radius 2 is 1.44 bits per heavy atom. The fourth-order valence-corrected chi connectivity index (χ4v) is 1.83. The summed E-state index contributed by atoms with van der Waals surface area (Å²) in [4.78, 5) is 0. The minimum Gasteiger partial charge on any atom is -0.497 e. The van der Waals surface area contributed by atoms with Crippen LogP contribution in [0.15, 0.2) is 42.5 Å². The molecule has 2 rings (SSSR count). The van der Waals surface area contributed by atoms with E-state index in [2.05, 4.69) is 44.2 Å². The lowest BCUT2D eigenvalue weighted by Gasteiger charge is -2.09. The highest BCUT2D eigenvalue weighted by Gasteiger charge is 2.03. The molecular formula is C17H22O. The smallest absolute Gasteiger partial charge is 0.118 e. The maximum atomic E-state index is 5.16. The van der Waals surface area contributed by atoms with E-state index in [9.17, 15) is 0 Å². The van der Waals surface area contributed by atoms with Crippen LogP contribution in [0.3, 0.4) is 0 Å². The lowest BCUT2D eigenvalue weighted by Crippen LogP contribution is -1.87. The Labute approximate surface area is 110 Å². The van der Waals surface area contributed by atoms with Gasteiger partial charge in [0.25, 0.3) is 0 Å². The van der Waals surface area contributed by atoms with Crippen molar-refractivity contribution < 1.29 is 4.74 Å². The van der Waals surface area contributed by atoms with Gasteiger partial charge in [0.1, 0.15) is 5.75 Å². The number of ether oxygens (including phenoxy) is 1. The molecule has 1 nitrogen and oxygen atoms in total. The van der Waals surface area contributed by atoms with Gasteiger partial charge in [0.15, 0.2) is 0 Å². The number of aryl methyl sites for hydroxylation is 1. The molecule has 0 saturated heterocycles. The molecule has 0 aliphatic heterocycles. The van der Waals surface area contributed by atoms with Crippen molar-refractivity contribution in [3.8, 4) is 16.9 Å². The van der Waals surface area contributed by atoms with Crippen LogP contribution in [0.1, 0.15) is 25.0 Å². The summed E-state index contributed by atoms with van der Waals surface area (Å²) in [6.07, 6.45) is 0. The van der Waals surface area contributed by atoms with Gasteiger partial charge in [-0.1, -0.05) is 44.2 Å². The standard InChI is InChI=1S/C15H16O.C2H6/c1-11-5-4-6-15(12(11)2)13-7-9-14(16-3)10-8-13;1-2/h4-10H,1-3H3;1-2H3. The van der Waals surface area contributed by atoms with Crippen LogP contribution < -0.4 is 4.74 Å². The number of hydrogen-bond donors (Lipinski definition) is 0. The van der Waals surface area contributed by atoms with Gasteiger partial charge in [0, 0.05) is 0 Å². The van der Waals surface area contributed by atoms with E-state index < -0.39 is 0 Å². The molecule has 0 N–H and O–H groups in total. The summed E-state index contributed by atoms with van der Waals surface area (Å²) in [6, 6.07) is 14.6. The molecule has 1 heteroatoms. The average Bonchev–Trinajstić information content (AvgIpc) is 2.44. The molecule has 0 heterocycles. The molecule has 0 saturated carbocycles. The SMILES string of the molecule is CC.COc1ccc(-c2cccc(C)c2C)cc1. The van der Waals surface area contributed by atoms with Crippen LogP contribution in [0.4, 0.5) is 0 Å². The molecule has 0 spiro atoms. The molecule has 0 bridgehead atoms. The van der Waals surface area contributed by atoms with Crippen LogP contribution in [0.25, 0.3) is 11.1 Å². The molecule has 0 unspecified atom stereocenters. The lowest BCUT2D eigenvalue weighted by molar-refractivity contribution is 0.415. The average molecular weight is 242 g/mol. The first-order chi connectivity index (χ1) is 8.72. The predicted molar refractivity (Wildman–Crippen MR) is 79.3 cm³/mol. The molecular weight excluding hydrogens is 220 g/mol. The minimum atomic E-state index is 0.897. The van der Waals surface area contributed by atoms with Gasteiger partial charge < -0.3 is 4.74 Å². The highest BCUT2D eigenvalue weighted by Crippen LogP contribution is 2.26. The molecule has 18 heavy (non-hydrogen) atoms. The van der Waals surface area contributed by atoms with Crippen LogP contribution in [0.2, 0.25) is 0 Å². The lowest BCUT2D eigenvalue weighted by atomic mass is 9.97. The Morgan fingerprint density at radius 3 is 2.00 bits per heavy atom. The molecule has 96 valence electrons. The van der Waals surface area contributed by atoms with Crippen LogP contribution in [0.5, 0.6) is 5.75 Å². The number of methoxy groups -OCH3 is 1. The third kappa shape index (κ3) is 3.13. The van der Waals surface area contributed by atoms with Crippen molar-refractivity contribution in [3.05, 3.63) is 53.6 Å². The van der Waals surface area contributed by atoms with Crippen molar-refractivity contribution in [2.45, 2.75) is 27.7 Å². The Hall–Kier alpha value is -1.76. The van der Waals surface area contributed by atoms with Crippen LogP contribution in [0, 0.1) is 13.8 Å². The Kier molecular flexibility index (Phi) is 5.44. The minimum absolute atomic E-state index is 0.897. The van der Waals surface area contributed by atoms with Crippen LogP contribution in [-0.4, -0.2) is 7.11 Å². The van der Waals surface area contributed by atoms with E-state index in [1.165, 1.54) is 22.3 Å². The first-order valence-corrected chi connectivity index (χ1v) is 6.43. The Balaban J connectivity index is 0.000000771. The first-order valence-electron chi connectivity index (χ1n) is 6.43. The largest absolute Gasteiger partial charge is 0.497 e. The molecule has 0 aliphatic carbocycles. The molecule has 0 aliphatic rings. The van der Waals surface area contributed by atoms with E-state index in [1.807, 2.05) is 26.0 Å². The molecule has 2 aromatic carbocycles. The summed E-state index contributed by atoms with van der Waals surface area (Å²) >= 11 is 0. The summed E-state index contributed by atoms with van der Waals surface area (Å²) in [6.45, 7) is 8.30. The van der Waals surface area contributed by atoms with Gasteiger partial charge in [0.2, 0.25) is 0 Å². The van der Waals surface area contributed by atoms with Gasteiger partial charge in [0.05, 0.1) is 7.11 Å². The van der Waals surface area contributed by atoms with Gasteiger partial charge in [-0.15, -0.1) is 0 Å². The van der Waals surface area contributed by atoms with Gasteiger partial charge >= 0.3 is 0 Å². The normalized spacial score (nSPS) is 9.39. The Morgan fingerprint density at radius 1 is 0.833 bits per heavy atom. The van der Waals surface area contributed by atoms with E-state index >= 15 is 0 Å². The summed E-state index contributed by atoms with van der Waals surface area (Å²) in [7, 11) is 1.69. The molecule has 0 atom stereocenters. The van der Waals surface area contributed by atoms with E-state index in [4.69, 9.17) is 4.74 Å². The van der Waals surface area contributed by atoms with Crippen molar-refractivity contribution >= 4 is 0 Å². The highest BCUT2D eigenvalue weighted by atomic mass is 16.5. The van der Waals surface area contributed by atoms with Crippen molar-refractivity contribution in [1.29, 1.82) is 0 Å². The van der Waals surface area contributed by atoms with Crippen molar-refractivity contribution in [1.82, 2.24) is 0 Å². The van der Waals surface area contributed by atoms with E-state index in [1.54, 1.807) is 7.11 Å². The van der Waals surface area contributed by atoms with Gasteiger partial charge in [-0.25, -0.2) is 0 Å². The third-order valence-electron chi connectivity index (χ3n) is 3.01.